The van der Waals surface area contributed by atoms with Crippen LogP contribution in [-0.2, 0) is 0 Å². The van der Waals surface area contributed by atoms with Gasteiger partial charge in [0.25, 0.3) is 0 Å². The molecule has 3 rings (SSSR count). The number of nitrogens with zero attached hydrogens (tertiary/aromatic N) is 2. The third-order valence-electron chi connectivity index (χ3n) is 2.84. The highest BCUT2D eigenvalue weighted by Gasteiger charge is 2.15. The molecular weight excluding hydrogens is 293 g/mol. The summed E-state index contributed by atoms with van der Waals surface area (Å²) in [6.07, 6.45) is 0. The van der Waals surface area contributed by atoms with Gasteiger partial charge < -0.3 is 0 Å². The van der Waals surface area contributed by atoms with Crippen molar-refractivity contribution in [3.63, 3.8) is 0 Å². The molecule has 1 aromatic carbocycles. The summed E-state index contributed by atoms with van der Waals surface area (Å²) < 4.78 is 13.7. The van der Waals surface area contributed by atoms with E-state index in [1.807, 2.05) is 30.5 Å². The molecule has 0 aliphatic heterocycles. The largest absolute Gasteiger partial charge is 0.257 e. The summed E-state index contributed by atoms with van der Waals surface area (Å²) >= 11 is 3.04. The van der Waals surface area contributed by atoms with E-state index in [9.17, 15) is 4.39 Å². The van der Waals surface area contributed by atoms with E-state index in [-0.39, 0.29) is 11.1 Å². The molecule has 3 aromatic rings. The van der Waals surface area contributed by atoms with Crippen molar-refractivity contribution in [2.45, 2.75) is 17.3 Å². The van der Waals surface area contributed by atoms with Gasteiger partial charge in [-0.05, 0) is 24.4 Å². The molecule has 6 heteroatoms. The number of rotatable bonds is 4. The third kappa shape index (κ3) is 2.76. The van der Waals surface area contributed by atoms with E-state index in [1.54, 1.807) is 23.5 Å². The predicted molar refractivity (Wildman–Crippen MR) is 80.4 cm³/mol. The lowest BCUT2D eigenvalue weighted by atomic mass is 10.1. The number of thioether (sulfide) groups is 1. The Morgan fingerprint density at radius 2 is 2.10 bits per heavy atom. The molecule has 2 heterocycles. The summed E-state index contributed by atoms with van der Waals surface area (Å²) in [7, 11) is 0. The number of hydrogen-bond acceptors (Lipinski definition) is 4. The molecule has 1 atom stereocenters. The highest BCUT2D eigenvalue weighted by atomic mass is 32.2. The van der Waals surface area contributed by atoms with E-state index in [4.69, 9.17) is 0 Å². The lowest BCUT2D eigenvalue weighted by Crippen LogP contribution is -1.93. The van der Waals surface area contributed by atoms with Crippen molar-refractivity contribution in [3.8, 4) is 10.7 Å². The first-order valence-corrected chi connectivity index (χ1v) is 7.87. The first-order valence-electron chi connectivity index (χ1n) is 6.11. The van der Waals surface area contributed by atoms with E-state index in [1.165, 1.54) is 17.8 Å². The third-order valence-corrected chi connectivity index (χ3v) is 4.72. The second kappa shape index (κ2) is 5.76. The summed E-state index contributed by atoms with van der Waals surface area (Å²) in [4.78, 5) is 5.48. The maximum atomic E-state index is 13.7. The number of H-pyrrole nitrogens is 1. The highest BCUT2D eigenvalue weighted by molar-refractivity contribution is 7.99. The Labute approximate surface area is 124 Å². The monoisotopic (exact) mass is 305 g/mol. The molecule has 1 N–H and O–H groups in total. The minimum Gasteiger partial charge on any atom is -0.257 e. The SMILES string of the molecule is C[C@H](Sc1n[nH]c(-c2cccs2)n1)c1ccccc1F. The Morgan fingerprint density at radius 1 is 1.25 bits per heavy atom. The quantitative estimate of drug-likeness (QED) is 0.720. The molecule has 0 saturated heterocycles. The second-order valence-corrected chi connectivity index (χ2v) is 6.48. The summed E-state index contributed by atoms with van der Waals surface area (Å²) in [5.41, 5.74) is 0.667. The lowest BCUT2D eigenvalue weighted by molar-refractivity contribution is 0.611. The van der Waals surface area contributed by atoms with Crippen LogP contribution >= 0.6 is 23.1 Å². The zero-order chi connectivity index (χ0) is 13.9. The average molecular weight is 305 g/mol. The van der Waals surface area contributed by atoms with Gasteiger partial charge in [0.05, 0.1) is 4.88 Å². The molecule has 0 saturated carbocycles. The molecule has 2 aromatic heterocycles. The van der Waals surface area contributed by atoms with Crippen LogP contribution in [0, 0.1) is 5.82 Å². The number of aromatic amines is 1. The topological polar surface area (TPSA) is 41.6 Å². The fraction of sp³-hybridized carbons (Fsp3) is 0.143. The summed E-state index contributed by atoms with van der Waals surface area (Å²) in [6, 6.07) is 10.8. The fourth-order valence-electron chi connectivity index (χ4n) is 1.85. The van der Waals surface area contributed by atoms with Crippen LogP contribution in [0.25, 0.3) is 10.7 Å². The van der Waals surface area contributed by atoms with Crippen LogP contribution in [0.3, 0.4) is 0 Å². The molecule has 0 radical (unpaired) electrons. The number of benzene rings is 1. The Kier molecular flexibility index (Phi) is 3.84. The maximum absolute atomic E-state index is 13.7. The van der Waals surface area contributed by atoms with Crippen LogP contribution in [0.1, 0.15) is 17.7 Å². The van der Waals surface area contributed by atoms with Crippen LogP contribution in [0.5, 0.6) is 0 Å². The van der Waals surface area contributed by atoms with Crippen LogP contribution < -0.4 is 0 Å². The normalized spacial score (nSPS) is 12.5. The van der Waals surface area contributed by atoms with Gasteiger partial charge in [-0.2, -0.15) is 0 Å². The van der Waals surface area contributed by atoms with Gasteiger partial charge in [0, 0.05) is 10.8 Å². The average Bonchev–Trinajstić information content (AvgIpc) is 3.09. The zero-order valence-corrected chi connectivity index (χ0v) is 12.3. The van der Waals surface area contributed by atoms with Crippen molar-refractivity contribution in [1.29, 1.82) is 0 Å². The van der Waals surface area contributed by atoms with Gasteiger partial charge in [-0.25, -0.2) is 9.37 Å². The second-order valence-electron chi connectivity index (χ2n) is 4.23. The van der Waals surface area contributed by atoms with E-state index < -0.39 is 0 Å². The summed E-state index contributed by atoms with van der Waals surface area (Å²) in [6.45, 7) is 1.95. The van der Waals surface area contributed by atoms with Crippen LogP contribution in [0.15, 0.2) is 46.9 Å². The van der Waals surface area contributed by atoms with Gasteiger partial charge in [-0.3, -0.25) is 5.10 Å². The van der Waals surface area contributed by atoms with Crippen LogP contribution in [0.4, 0.5) is 4.39 Å². The van der Waals surface area contributed by atoms with Crippen LogP contribution in [-0.4, -0.2) is 15.2 Å². The molecule has 3 nitrogen and oxygen atoms in total. The Hall–Kier alpha value is -1.66. The Balaban J connectivity index is 1.77. The van der Waals surface area contributed by atoms with Crippen molar-refractivity contribution in [2.75, 3.05) is 0 Å². The summed E-state index contributed by atoms with van der Waals surface area (Å²) in [5, 5.41) is 9.68. The van der Waals surface area contributed by atoms with E-state index >= 15 is 0 Å². The maximum Gasteiger partial charge on any atom is 0.209 e. The van der Waals surface area contributed by atoms with Gasteiger partial charge in [-0.1, -0.05) is 36.0 Å². The molecule has 102 valence electrons. The minimum absolute atomic E-state index is 0.0387. The number of thiophene rings is 1. The Morgan fingerprint density at radius 3 is 2.85 bits per heavy atom. The molecule has 0 fully saturated rings. The lowest BCUT2D eigenvalue weighted by Gasteiger charge is -2.09. The standard InChI is InChI=1S/C14H12FN3S2/c1-9(10-5-2-3-6-11(10)15)20-14-16-13(17-18-14)12-7-4-8-19-12/h2-9H,1H3,(H,16,17,18)/t9-/m0/s1. The highest BCUT2D eigenvalue weighted by Crippen LogP contribution is 2.34. The first kappa shape index (κ1) is 13.3. The number of aromatic nitrogens is 3. The smallest absolute Gasteiger partial charge is 0.209 e. The minimum atomic E-state index is -0.193. The van der Waals surface area contributed by atoms with Gasteiger partial charge in [0.15, 0.2) is 5.82 Å². The van der Waals surface area contributed by atoms with Crippen molar-refractivity contribution in [1.82, 2.24) is 15.2 Å². The zero-order valence-electron chi connectivity index (χ0n) is 10.7. The van der Waals surface area contributed by atoms with E-state index in [0.29, 0.717) is 10.7 Å². The van der Waals surface area contributed by atoms with Crippen LogP contribution in [0.2, 0.25) is 0 Å². The van der Waals surface area contributed by atoms with Crippen molar-refractivity contribution < 1.29 is 4.39 Å². The van der Waals surface area contributed by atoms with Gasteiger partial charge in [0.1, 0.15) is 5.82 Å². The molecular formula is C14H12FN3S2. The molecule has 0 bridgehead atoms. The molecule has 20 heavy (non-hydrogen) atoms. The Bertz CT molecular complexity index is 694. The van der Waals surface area contributed by atoms with Crippen molar-refractivity contribution in [3.05, 3.63) is 53.2 Å². The van der Waals surface area contributed by atoms with Gasteiger partial charge in [-0.15, -0.1) is 16.4 Å². The molecule has 0 spiro atoms. The first-order chi connectivity index (χ1) is 9.74. The summed E-state index contributed by atoms with van der Waals surface area (Å²) in [5.74, 6) is 0.560. The van der Waals surface area contributed by atoms with E-state index in [2.05, 4.69) is 15.2 Å². The molecule has 0 aliphatic carbocycles. The number of nitrogens with one attached hydrogen (secondary N) is 1. The van der Waals surface area contributed by atoms with Crippen molar-refractivity contribution in [2.24, 2.45) is 0 Å². The fourth-order valence-corrected chi connectivity index (χ4v) is 3.39. The predicted octanol–water partition coefficient (Wildman–Crippen LogP) is 4.53. The van der Waals surface area contributed by atoms with E-state index in [0.717, 1.165) is 10.7 Å². The molecule has 0 amide bonds. The van der Waals surface area contributed by atoms with Gasteiger partial charge >= 0.3 is 0 Å². The van der Waals surface area contributed by atoms with Crippen molar-refractivity contribution >= 4 is 23.1 Å². The molecule has 0 aliphatic rings. The van der Waals surface area contributed by atoms with Gasteiger partial charge in [0.2, 0.25) is 5.16 Å². The number of halogens is 1. The molecule has 0 unspecified atom stereocenters. The number of hydrogen-bond donors (Lipinski definition) is 1.